The van der Waals surface area contributed by atoms with Crippen molar-refractivity contribution in [3.05, 3.63) is 29.8 Å². The van der Waals surface area contributed by atoms with E-state index in [-0.39, 0.29) is 0 Å². The number of ether oxygens (including phenoxy) is 1. The maximum atomic E-state index is 5.73. The van der Waals surface area contributed by atoms with Crippen molar-refractivity contribution in [2.24, 2.45) is 5.73 Å². The molecule has 0 aliphatic heterocycles. The Morgan fingerprint density at radius 2 is 1.78 bits per heavy atom. The quantitative estimate of drug-likeness (QED) is 0.771. The van der Waals surface area contributed by atoms with Gasteiger partial charge < -0.3 is 15.4 Å². The second kappa shape index (κ2) is 8.11. The van der Waals surface area contributed by atoms with Crippen LogP contribution in [0.4, 0.5) is 0 Å². The summed E-state index contributed by atoms with van der Waals surface area (Å²) >= 11 is 0. The van der Waals surface area contributed by atoms with E-state index in [1.54, 1.807) is 0 Å². The average Bonchev–Trinajstić information content (AvgIpc) is 2.41. The second-order valence-corrected chi connectivity index (χ2v) is 4.65. The normalized spacial score (nSPS) is 11.2. The molecular formula is C15H26N2O. The minimum Gasteiger partial charge on any atom is -0.492 e. The van der Waals surface area contributed by atoms with Crippen LogP contribution in [0.2, 0.25) is 0 Å². The van der Waals surface area contributed by atoms with Crippen LogP contribution in [0.25, 0.3) is 0 Å². The summed E-state index contributed by atoms with van der Waals surface area (Å²) in [6.07, 6.45) is 2.39. The van der Waals surface area contributed by atoms with E-state index >= 15 is 0 Å². The van der Waals surface area contributed by atoms with Gasteiger partial charge in [-0.1, -0.05) is 26.0 Å². The maximum Gasteiger partial charge on any atom is 0.119 e. The summed E-state index contributed by atoms with van der Waals surface area (Å²) in [7, 11) is 2.17. The van der Waals surface area contributed by atoms with Gasteiger partial charge in [0, 0.05) is 19.1 Å². The molecule has 0 fully saturated rings. The van der Waals surface area contributed by atoms with Crippen molar-refractivity contribution in [3.63, 3.8) is 0 Å². The van der Waals surface area contributed by atoms with E-state index in [1.807, 2.05) is 24.3 Å². The maximum absolute atomic E-state index is 5.73. The molecule has 0 saturated heterocycles. The molecule has 0 spiro atoms. The molecule has 1 rings (SSSR count). The molecular weight excluding hydrogens is 224 g/mol. The van der Waals surface area contributed by atoms with Crippen LogP contribution in [-0.2, 0) is 6.54 Å². The van der Waals surface area contributed by atoms with E-state index in [2.05, 4.69) is 25.8 Å². The zero-order chi connectivity index (χ0) is 13.4. The number of hydrogen-bond donors (Lipinski definition) is 1. The molecule has 0 unspecified atom stereocenters. The molecule has 3 heteroatoms. The molecule has 1 aromatic rings. The van der Waals surface area contributed by atoms with Crippen LogP contribution in [0.15, 0.2) is 24.3 Å². The highest BCUT2D eigenvalue weighted by Crippen LogP contribution is 2.12. The molecule has 0 bridgehead atoms. The number of nitrogens with zero attached hydrogens (tertiary/aromatic N) is 1. The molecule has 0 amide bonds. The molecule has 18 heavy (non-hydrogen) atoms. The fourth-order valence-electron chi connectivity index (χ4n) is 2.12. The van der Waals surface area contributed by atoms with Gasteiger partial charge in [0.1, 0.15) is 12.4 Å². The Kier molecular flexibility index (Phi) is 6.76. The first-order chi connectivity index (χ1) is 8.71. The minimum atomic E-state index is 0.581. The molecule has 0 saturated carbocycles. The number of nitrogens with two attached hydrogens (primary N) is 1. The van der Waals surface area contributed by atoms with Gasteiger partial charge in [-0.25, -0.2) is 0 Å². The van der Waals surface area contributed by atoms with E-state index < -0.39 is 0 Å². The lowest BCUT2D eigenvalue weighted by Gasteiger charge is -2.25. The van der Waals surface area contributed by atoms with Crippen LogP contribution in [0, 0.1) is 0 Å². The third kappa shape index (κ3) is 4.67. The number of rotatable bonds is 8. The molecule has 0 heterocycles. The van der Waals surface area contributed by atoms with Crippen LogP contribution >= 0.6 is 0 Å². The van der Waals surface area contributed by atoms with Gasteiger partial charge in [-0.15, -0.1) is 0 Å². The van der Waals surface area contributed by atoms with E-state index in [0.717, 1.165) is 24.5 Å². The monoisotopic (exact) mass is 250 g/mol. The first kappa shape index (κ1) is 15.0. The van der Waals surface area contributed by atoms with Crippen molar-refractivity contribution < 1.29 is 4.74 Å². The Balaban J connectivity index is 2.32. The smallest absolute Gasteiger partial charge is 0.119 e. The summed E-state index contributed by atoms with van der Waals surface area (Å²) in [5.41, 5.74) is 6.69. The number of likely N-dealkylation sites (N-methyl/N-ethyl adjacent to an activating group) is 1. The van der Waals surface area contributed by atoms with Crippen LogP contribution in [-0.4, -0.2) is 31.1 Å². The SMILES string of the molecule is CCC(CC)N(C)CCOc1ccc(CN)cc1. The molecule has 0 aliphatic rings. The Labute approximate surface area is 111 Å². The highest BCUT2D eigenvalue weighted by molar-refractivity contribution is 5.27. The molecule has 0 aliphatic carbocycles. The minimum absolute atomic E-state index is 0.581. The number of hydrogen-bond acceptors (Lipinski definition) is 3. The lowest BCUT2D eigenvalue weighted by molar-refractivity contribution is 0.183. The van der Waals surface area contributed by atoms with Gasteiger partial charge in [0.05, 0.1) is 0 Å². The lowest BCUT2D eigenvalue weighted by atomic mass is 10.1. The molecule has 3 nitrogen and oxygen atoms in total. The summed E-state index contributed by atoms with van der Waals surface area (Å²) in [5.74, 6) is 0.921. The highest BCUT2D eigenvalue weighted by atomic mass is 16.5. The van der Waals surface area contributed by atoms with Gasteiger partial charge in [0.25, 0.3) is 0 Å². The molecule has 102 valence electrons. The van der Waals surface area contributed by atoms with E-state index in [4.69, 9.17) is 10.5 Å². The average molecular weight is 250 g/mol. The summed E-state index contributed by atoms with van der Waals surface area (Å²) in [6.45, 7) is 6.74. The summed E-state index contributed by atoms with van der Waals surface area (Å²) in [5, 5.41) is 0. The first-order valence-corrected chi connectivity index (χ1v) is 6.83. The van der Waals surface area contributed by atoms with Gasteiger partial charge in [-0.05, 0) is 37.6 Å². The lowest BCUT2D eigenvalue weighted by Crippen LogP contribution is -2.33. The predicted molar refractivity (Wildman–Crippen MR) is 76.8 cm³/mol. The van der Waals surface area contributed by atoms with Crippen LogP contribution in [0.1, 0.15) is 32.3 Å². The molecule has 2 N–H and O–H groups in total. The second-order valence-electron chi connectivity index (χ2n) is 4.65. The van der Waals surface area contributed by atoms with Crippen molar-refractivity contribution in [1.82, 2.24) is 4.90 Å². The molecule has 1 aromatic carbocycles. The van der Waals surface area contributed by atoms with Gasteiger partial charge in [0.15, 0.2) is 0 Å². The topological polar surface area (TPSA) is 38.5 Å². The Hall–Kier alpha value is -1.06. The van der Waals surface area contributed by atoms with E-state index in [1.165, 1.54) is 12.8 Å². The van der Waals surface area contributed by atoms with Gasteiger partial charge in [-0.3, -0.25) is 0 Å². The van der Waals surface area contributed by atoms with Crippen molar-refractivity contribution in [2.45, 2.75) is 39.3 Å². The fourth-order valence-corrected chi connectivity index (χ4v) is 2.12. The third-order valence-electron chi connectivity index (χ3n) is 3.44. The van der Waals surface area contributed by atoms with Crippen molar-refractivity contribution in [2.75, 3.05) is 20.2 Å². The van der Waals surface area contributed by atoms with Crippen LogP contribution < -0.4 is 10.5 Å². The standard InChI is InChI=1S/C15H26N2O/c1-4-14(5-2)17(3)10-11-18-15-8-6-13(12-16)7-9-15/h6-9,14H,4-5,10-12,16H2,1-3H3. The molecule has 0 aromatic heterocycles. The first-order valence-electron chi connectivity index (χ1n) is 6.83. The van der Waals surface area contributed by atoms with E-state index in [9.17, 15) is 0 Å². The summed E-state index contributed by atoms with van der Waals surface area (Å²) in [6, 6.07) is 8.66. The molecule has 0 atom stereocenters. The zero-order valence-corrected chi connectivity index (χ0v) is 11.9. The third-order valence-corrected chi connectivity index (χ3v) is 3.44. The van der Waals surface area contributed by atoms with Gasteiger partial charge in [-0.2, -0.15) is 0 Å². The van der Waals surface area contributed by atoms with E-state index in [0.29, 0.717) is 12.6 Å². The highest BCUT2D eigenvalue weighted by Gasteiger charge is 2.09. The summed E-state index contributed by atoms with van der Waals surface area (Å²) < 4.78 is 5.73. The van der Waals surface area contributed by atoms with Gasteiger partial charge in [0.2, 0.25) is 0 Å². The fraction of sp³-hybridized carbons (Fsp3) is 0.600. The van der Waals surface area contributed by atoms with Crippen LogP contribution in [0.3, 0.4) is 0 Å². The van der Waals surface area contributed by atoms with Crippen molar-refractivity contribution in [1.29, 1.82) is 0 Å². The summed E-state index contributed by atoms with van der Waals surface area (Å²) in [4.78, 5) is 2.37. The predicted octanol–water partition coefficient (Wildman–Crippen LogP) is 2.64. The van der Waals surface area contributed by atoms with Gasteiger partial charge >= 0.3 is 0 Å². The number of benzene rings is 1. The Bertz CT molecular complexity index is 320. The molecule has 0 radical (unpaired) electrons. The largest absolute Gasteiger partial charge is 0.492 e. The Morgan fingerprint density at radius 1 is 1.17 bits per heavy atom. The van der Waals surface area contributed by atoms with Crippen molar-refractivity contribution in [3.8, 4) is 5.75 Å². The van der Waals surface area contributed by atoms with Crippen LogP contribution in [0.5, 0.6) is 5.75 Å². The van der Waals surface area contributed by atoms with Crippen molar-refractivity contribution >= 4 is 0 Å². The zero-order valence-electron chi connectivity index (χ0n) is 11.9. The Morgan fingerprint density at radius 3 is 2.28 bits per heavy atom.